The molecule has 2 rings (SSSR count). The van der Waals surface area contributed by atoms with Gasteiger partial charge in [-0.1, -0.05) is 42.5 Å². The topological polar surface area (TPSA) is 44.8 Å². The van der Waals surface area contributed by atoms with Gasteiger partial charge in [-0.3, -0.25) is 4.57 Å². The fourth-order valence-electron chi connectivity index (χ4n) is 2.02. The maximum atomic E-state index is 12.8. The molecular weight excluding hydrogens is 323 g/mol. The first kappa shape index (κ1) is 18.2. The van der Waals surface area contributed by atoms with Crippen LogP contribution in [0.4, 0.5) is 0 Å². The molecule has 0 saturated heterocycles. The van der Waals surface area contributed by atoms with Gasteiger partial charge in [0, 0.05) is 0 Å². The van der Waals surface area contributed by atoms with E-state index in [2.05, 4.69) is 13.2 Å². The minimum atomic E-state index is -3.27. The van der Waals surface area contributed by atoms with Crippen LogP contribution in [0.2, 0.25) is 0 Å². The fraction of sp³-hybridized carbons (Fsp3) is 0.158. The molecule has 0 spiro atoms. The molecular formula is C19H21O4P. The SMILES string of the molecule is C=CCOP(=O)(Cc1cccc(Oc2ccccc2)c1)OCC=C. The lowest BCUT2D eigenvalue weighted by Crippen LogP contribution is -2.00. The lowest BCUT2D eigenvalue weighted by molar-refractivity contribution is 0.236. The molecule has 0 saturated carbocycles. The van der Waals surface area contributed by atoms with Crippen molar-refractivity contribution in [1.82, 2.24) is 0 Å². The molecule has 0 bridgehead atoms. The molecule has 0 atom stereocenters. The Kier molecular flexibility index (Phi) is 7.01. The van der Waals surface area contributed by atoms with Crippen molar-refractivity contribution in [3.05, 3.63) is 85.5 Å². The molecule has 0 heterocycles. The molecule has 5 heteroatoms. The second-order valence-corrected chi connectivity index (χ2v) is 7.05. The highest BCUT2D eigenvalue weighted by molar-refractivity contribution is 7.53. The van der Waals surface area contributed by atoms with E-state index in [1.807, 2.05) is 54.6 Å². The molecule has 0 radical (unpaired) electrons. The zero-order chi connectivity index (χ0) is 17.3. The fourth-order valence-corrected chi connectivity index (χ4v) is 3.58. The summed E-state index contributed by atoms with van der Waals surface area (Å²) in [7, 11) is -3.27. The van der Waals surface area contributed by atoms with Crippen LogP contribution >= 0.6 is 7.60 Å². The largest absolute Gasteiger partial charge is 0.457 e. The number of benzene rings is 2. The standard InChI is InChI=1S/C19H21O4P/c1-3-13-21-24(20,22-14-4-2)16-17-9-8-12-19(15-17)23-18-10-6-5-7-11-18/h3-12,15H,1-2,13-14,16H2. The third-order valence-electron chi connectivity index (χ3n) is 3.03. The van der Waals surface area contributed by atoms with E-state index in [4.69, 9.17) is 13.8 Å². The first-order valence-corrected chi connectivity index (χ1v) is 9.30. The molecule has 0 aliphatic heterocycles. The molecule has 24 heavy (non-hydrogen) atoms. The molecule has 0 amide bonds. The Balaban J connectivity index is 2.12. The first-order chi connectivity index (χ1) is 11.6. The first-order valence-electron chi connectivity index (χ1n) is 7.57. The van der Waals surface area contributed by atoms with Crippen LogP contribution < -0.4 is 4.74 Å². The van der Waals surface area contributed by atoms with E-state index in [1.165, 1.54) is 0 Å². The Morgan fingerprint density at radius 2 is 1.50 bits per heavy atom. The molecule has 0 fully saturated rings. The average molecular weight is 344 g/mol. The Labute approximate surface area is 142 Å². The Hall–Kier alpha value is -2.13. The van der Waals surface area contributed by atoms with E-state index in [0.29, 0.717) is 5.75 Å². The summed E-state index contributed by atoms with van der Waals surface area (Å²) in [5.41, 5.74) is 0.805. The van der Waals surface area contributed by atoms with Crippen LogP contribution in [-0.4, -0.2) is 13.2 Å². The van der Waals surface area contributed by atoms with Crippen molar-refractivity contribution in [2.45, 2.75) is 6.16 Å². The van der Waals surface area contributed by atoms with Crippen molar-refractivity contribution in [3.63, 3.8) is 0 Å². The smallest absolute Gasteiger partial charge is 0.335 e. The van der Waals surface area contributed by atoms with E-state index >= 15 is 0 Å². The van der Waals surface area contributed by atoms with E-state index < -0.39 is 7.60 Å². The Morgan fingerprint density at radius 3 is 2.12 bits per heavy atom. The Bertz CT molecular complexity index is 696. The quantitative estimate of drug-likeness (QED) is 0.417. The van der Waals surface area contributed by atoms with E-state index in [-0.39, 0.29) is 19.4 Å². The predicted octanol–water partition coefficient (Wildman–Crippen LogP) is 5.58. The molecule has 2 aromatic carbocycles. The van der Waals surface area contributed by atoms with Crippen LogP contribution in [0.25, 0.3) is 0 Å². The van der Waals surface area contributed by atoms with Gasteiger partial charge >= 0.3 is 7.60 Å². The molecule has 0 unspecified atom stereocenters. The highest BCUT2D eigenvalue weighted by Gasteiger charge is 2.24. The summed E-state index contributed by atoms with van der Waals surface area (Å²) in [5.74, 6) is 1.40. The van der Waals surface area contributed by atoms with Crippen LogP contribution in [-0.2, 0) is 19.8 Å². The number of rotatable bonds is 10. The molecule has 126 valence electrons. The average Bonchev–Trinajstić information content (AvgIpc) is 2.59. The summed E-state index contributed by atoms with van der Waals surface area (Å²) in [6.45, 7) is 7.46. The van der Waals surface area contributed by atoms with Crippen LogP contribution in [0, 0.1) is 0 Å². The minimum Gasteiger partial charge on any atom is -0.457 e. The van der Waals surface area contributed by atoms with Crippen molar-refractivity contribution >= 4 is 7.60 Å². The van der Waals surface area contributed by atoms with E-state index in [1.54, 1.807) is 12.2 Å². The van der Waals surface area contributed by atoms with E-state index in [9.17, 15) is 4.57 Å². The lowest BCUT2D eigenvalue weighted by atomic mass is 10.2. The summed E-state index contributed by atoms with van der Waals surface area (Å²) in [6, 6.07) is 16.9. The van der Waals surface area contributed by atoms with Crippen molar-refractivity contribution in [3.8, 4) is 11.5 Å². The van der Waals surface area contributed by atoms with Gasteiger partial charge in [-0.05, 0) is 29.8 Å². The van der Waals surface area contributed by atoms with Gasteiger partial charge in [0.05, 0.1) is 19.4 Å². The van der Waals surface area contributed by atoms with Gasteiger partial charge in [-0.25, -0.2) is 0 Å². The lowest BCUT2D eigenvalue weighted by Gasteiger charge is -2.17. The maximum Gasteiger partial charge on any atom is 0.335 e. The van der Waals surface area contributed by atoms with Gasteiger partial charge < -0.3 is 13.8 Å². The normalized spacial score (nSPS) is 11.0. The third kappa shape index (κ3) is 5.82. The number of hydrogen-bond donors (Lipinski definition) is 0. The van der Waals surface area contributed by atoms with Crippen LogP contribution in [0.15, 0.2) is 79.9 Å². The van der Waals surface area contributed by atoms with Crippen LogP contribution in [0.3, 0.4) is 0 Å². The molecule has 2 aromatic rings. The van der Waals surface area contributed by atoms with Crippen molar-refractivity contribution in [2.24, 2.45) is 0 Å². The monoisotopic (exact) mass is 344 g/mol. The third-order valence-corrected chi connectivity index (χ3v) is 4.87. The summed E-state index contributed by atoms with van der Waals surface area (Å²) < 4.78 is 29.3. The number of ether oxygens (including phenoxy) is 1. The molecule has 4 nitrogen and oxygen atoms in total. The second-order valence-electron chi connectivity index (χ2n) is 5.00. The van der Waals surface area contributed by atoms with E-state index in [0.717, 1.165) is 11.3 Å². The summed E-state index contributed by atoms with van der Waals surface area (Å²) in [6.07, 6.45) is 3.23. The summed E-state index contributed by atoms with van der Waals surface area (Å²) in [4.78, 5) is 0. The number of hydrogen-bond acceptors (Lipinski definition) is 4. The van der Waals surface area contributed by atoms with Crippen molar-refractivity contribution < 1.29 is 18.3 Å². The highest BCUT2D eigenvalue weighted by Crippen LogP contribution is 2.51. The zero-order valence-electron chi connectivity index (χ0n) is 13.5. The second kappa shape index (κ2) is 9.24. The molecule has 0 aliphatic carbocycles. The van der Waals surface area contributed by atoms with Gasteiger partial charge in [-0.15, -0.1) is 13.2 Å². The van der Waals surface area contributed by atoms with Crippen molar-refractivity contribution in [1.29, 1.82) is 0 Å². The summed E-state index contributed by atoms with van der Waals surface area (Å²) in [5, 5.41) is 0. The van der Waals surface area contributed by atoms with Crippen molar-refractivity contribution in [2.75, 3.05) is 13.2 Å². The van der Waals surface area contributed by atoms with Gasteiger partial charge in [0.1, 0.15) is 11.5 Å². The zero-order valence-corrected chi connectivity index (χ0v) is 14.4. The van der Waals surface area contributed by atoms with Gasteiger partial charge in [0.25, 0.3) is 0 Å². The maximum absolute atomic E-state index is 12.8. The molecule has 0 aliphatic rings. The predicted molar refractivity (Wildman–Crippen MR) is 96.6 cm³/mol. The summed E-state index contributed by atoms with van der Waals surface area (Å²) >= 11 is 0. The minimum absolute atomic E-state index is 0.153. The van der Waals surface area contributed by atoms with Crippen LogP contribution in [0.5, 0.6) is 11.5 Å². The van der Waals surface area contributed by atoms with Gasteiger partial charge in [0.15, 0.2) is 0 Å². The molecule has 0 aromatic heterocycles. The highest BCUT2D eigenvalue weighted by atomic mass is 31.2. The van der Waals surface area contributed by atoms with Gasteiger partial charge in [-0.2, -0.15) is 0 Å². The van der Waals surface area contributed by atoms with Gasteiger partial charge in [0.2, 0.25) is 0 Å². The molecule has 0 N–H and O–H groups in total. The Morgan fingerprint density at radius 1 is 0.875 bits per heavy atom. The van der Waals surface area contributed by atoms with Crippen LogP contribution in [0.1, 0.15) is 5.56 Å². The number of para-hydroxylation sites is 1.